The molecule has 0 unspecified atom stereocenters. The van der Waals surface area contributed by atoms with Gasteiger partial charge < -0.3 is 10.2 Å². The summed E-state index contributed by atoms with van der Waals surface area (Å²) in [5.74, 6) is -0.367. The van der Waals surface area contributed by atoms with Gasteiger partial charge in [0.1, 0.15) is 5.15 Å². The molecule has 2 heterocycles. The molecule has 1 saturated heterocycles. The Hall–Kier alpha value is -2.60. The quantitative estimate of drug-likeness (QED) is 0.758. The number of carbonyl (C=O) groups excluding carboxylic acids is 2. The van der Waals surface area contributed by atoms with Gasteiger partial charge in [0.2, 0.25) is 11.8 Å². The van der Waals surface area contributed by atoms with Crippen molar-refractivity contribution in [1.29, 1.82) is 0 Å². The fraction of sp³-hybridized carbons (Fsp3) is 0.381. The lowest BCUT2D eigenvalue weighted by Gasteiger charge is -2.14. The molecule has 1 N–H and O–H groups in total. The monoisotopic (exact) mass is 400 g/mol. The summed E-state index contributed by atoms with van der Waals surface area (Å²) >= 11 is 6.46. The van der Waals surface area contributed by atoms with Crippen LogP contribution >= 0.6 is 11.6 Å². The smallest absolute Gasteiger partial charge is 0.244 e. The SMILES string of the molecule is Cc1ccc(Cn2nc(C)c(/C=C/C(=O)NCC(=O)N3CCCC3)c2Cl)cc1. The normalized spacial score (nSPS) is 14.0. The highest BCUT2D eigenvalue weighted by atomic mass is 35.5. The van der Waals surface area contributed by atoms with Crippen molar-refractivity contribution in [3.05, 3.63) is 57.9 Å². The maximum atomic E-state index is 12.0. The number of aryl methyl sites for hydroxylation is 2. The first-order valence-electron chi connectivity index (χ1n) is 9.46. The molecule has 6 nitrogen and oxygen atoms in total. The molecule has 0 spiro atoms. The first-order chi connectivity index (χ1) is 13.4. The van der Waals surface area contributed by atoms with Gasteiger partial charge in [-0.15, -0.1) is 0 Å². The van der Waals surface area contributed by atoms with Gasteiger partial charge in [0, 0.05) is 24.7 Å². The number of amides is 2. The van der Waals surface area contributed by atoms with Gasteiger partial charge in [-0.25, -0.2) is 4.68 Å². The van der Waals surface area contributed by atoms with Crippen LogP contribution in [-0.2, 0) is 16.1 Å². The van der Waals surface area contributed by atoms with E-state index in [-0.39, 0.29) is 18.4 Å². The van der Waals surface area contributed by atoms with E-state index in [4.69, 9.17) is 11.6 Å². The molecule has 148 valence electrons. The predicted octanol–water partition coefficient (Wildman–Crippen LogP) is 2.95. The maximum Gasteiger partial charge on any atom is 0.244 e. The molecule has 0 saturated carbocycles. The molecule has 7 heteroatoms. The van der Waals surface area contributed by atoms with Crippen molar-refractivity contribution < 1.29 is 9.59 Å². The van der Waals surface area contributed by atoms with E-state index >= 15 is 0 Å². The van der Waals surface area contributed by atoms with Crippen molar-refractivity contribution in [2.45, 2.75) is 33.2 Å². The number of halogens is 1. The van der Waals surface area contributed by atoms with Crippen molar-refractivity contribution in [2.24, 2.45) is 0 Å². The van der Waals surface area contributed by atoms with Crippen LogP contribution in [0.4, 0.5) is 0 Å². The number of hydrogen-bond acceptors (Lipinski definition) is 3. The largest absolute Gasteiger partial charge is 0.343 e. The fourth-order valence-corrected chi connectivity index (χ4v) is 3.48. The third-order valence-electron chi connectivity index (χ3n) is 4.84. The Morgan fingerprint density at radius 1 is 1.18 bits per heavy atom. The minimum absolute atomic E-state index is 0.0164. The van der Waals surface area contributed by atoms with E-state index in [1.807, 2.05) is 38.1 Å². The molecule has 0 radical (unpaired) electrons. The number of benzene rings is 1. The van der Waals surface area contributed by atoms with Crippen LogP contribution in [0.25, 0.3) is 6.08 Å². The summed E-state index contributed by atoms with van der Waals surface area (Å²) in [6.07, 6.45) is 5.10. The zero-order valence-corrected chi connectivity index (χ0v) is 17.0. The standard InChI is InChI=1S/C21H25ClN4O2/c1-15-5-7-17(8-6-15)14-26-21(22)18(16(2)24-26)9-10-19(27)23-13-20(28)25-11-3-4-12-25/h5-10H,3-4,11-14H2,1-2H3,(H,23,27)/b10-9+. The zero-order valence-electron chi connectivity index (χ0n) is 16.2. The van der Waals surface area contributed by atoms with E-state index in [0.717, 1.165) is 37.2 Å². The lowest BCUT2D eigenvalue weighted by Crippen LogP contribution is -2.38. The summed E-state index contributed by atoms with van der Waals surface area (Å²) in [6.45, 7) is 6.03. The molecule has 2 amide bonds. The summed E-state index contributed by atoms with van der Waals surface area (Å²) in [4.78, 5) is 25.8. The predicted molar refractivity (Wildman–Crippen MR) is 110 cm³/mol. The van der Waals surface area contributed by atoms with Gasteiger partial charge in [-0.1, -0.05) is 41.4 Å². The van der Waals surface area contributed by atoms with Crippen molar-refractivity contribution in [3.8, 4) is 0 Å². The average molecular weight is 401 g/mol. The molecular weight excluding hydrogens is 376 g/mol. The van der Waals surface area contributed by atoms with Crippen LogP contribution in [0, 0.1) is 13.8 Å². The van der Waals surface area contributed by atoms with Gasteiger partial charge in [0.25, 0.3) is 0 Å². The van der Waals surface area contributed by atoms with E-state index in [9.17, 15) is 9.59 Å². The molecular formula is C21H25ClN4O2. The summed E-state index contributed by atoms with van der Waals surface area (Å²) in [5, 5.41) is 7.59. The second-order valence-electron chi connectivity index (χ2n) is 7.07. The minimum atomic E-state index is -0.325. The Labute approximate surface area is 170 Å². The molecule has 2 aromatic rings. The van der Waals surface area contributed by atoms with Crippen LogP contribution in [0.5, 0.6) is 0 Å². The van der Waals surface area contributed by atoms with E-state index in [0.29, 0.717) is 17.3 Å². The summed E-state index contributed by atoms with van der Waals surface area (Å²) in [6, 6.07) is 8.19. The van der Waals surface area contributed by atoms with Gasteiger partial charge >= 0.3 is 0 Å². The topological polar surface area (TPSA) is 67.2 Å². The number of aromatic nitrogens is 2. The molecule has 0 aliphatic carbocycles. The van der Waals surface area contributed by atoms with Crippen molar-refractivity contribution >= 4 is 29.5 Å². The fourth-order valence-electron chi connectivity index (χ4n) is 3.19. The summed E-state index contributed by atoms with van der Waals surface area (Å²) < 4.78 is 1.72. The molecule has 28 heavy (non-hydrogen) atoms. The number of hydrogen-bond donors (Lipinski definition) is 1. The van der Waals surface area contributed by atoms with Gasteiger partial charge in [0.05, 0.1) is 18.8 Å². The molecule has 0 atom stereocenters. The summed E-state index contributed by atoms with van der Waals surface area (Å²) in [5.41, 5.74) is 3.75. The van der Waals surface area contributed by atoms with Crippen LogP contribution in [0.3, 0.4) is 0 Å². The van der Waals surface area contributed by atoms with Gasteiger partial charge in [-0.2, -0.15) is 5.10 Å². The number of carbonyl (C=O) groups is 2. The van der Waals surface area contributed by atoms with Crippen molar-refractivity contribution in [2.75, 3.05) is 19.6 Å². The molecule has 1 aromatic heterocycles. The van der Waals surface area contributed by atoms with Crippen LogP contribution in [0.2, 0.25) is 5.15 Å². The Morgan fingerprint density at radius 3 is 2.54 bits per heavy atom. The Balaban J connectivity index is 1.60. The van der Waals surface area contributed by atoms with E-state index in [1.54, 1.807) is 15.7 Å². The van der Waals surface area contributed by atoms with Gasteiger partial charge in [0.15, 0.2) is 0 Å². The molecule has 1 aliphatic heterocycles. The van der Waals surface area contributed by atoms with Gasteiger partial charge in [-0.3, -0.25) is 9.59 Å². The van der Waals surface area contributed by atoms with Crippen LogP contribution in [-0.4, -0.2) is 46.1 Å². The lowest BCUT2D eigenvalue weighted by molar-refractivity contribution is -0.131. The highest BCUT2D eigenvalue weighted by molar-refractivity contribution is 6.31. The van der Waals surface area contributed by atoms with Gasteiger partial charge in [-0.05, 0) is 38.3 Å². The first kappa shape index (κ1) is 20.1. The van der Waals surface area contributed by atoms with E-state index in [2.05, 4.69) is 10.4 Å². The van der Waals surface area contributed by atoms with Crippen LogP contribution in [0.15, 0.2) is 30.3 Å². The van der Waals surface area contributed by atoms with Crippen LogP contribution < -0.4 is 5.32 Å². The first-order valence-corrected chi connectivity index (χ1v) is 9.84. The Morgan fingerprint density at radius 2 is 1.86 bits per heavy atom. The van der Waals surface area contributed by atoms with E-state index < -0.39 is 0 Å². The second-order valence-corrected chi connectivity index (χ2v) is 7.43. The highest BCUT2D eigenvalue weighted by Gasteiger charge is 2.18. The summed E-state index contributed by atoms with van der Waals surface area (Å²) in [7, 11) is 0. The van der Waals surface area contributed by atoms with Crippen molar-refractivity contribution in [1.82, 2.24) is 20.0 Å². The van der Waals surface area contributed by atoms with Crippen LogP contribution in [0.1, 0.15) is 35.2 Å². The third kappa shape index (κ3) is 5.01. The van der Waals surface area contributed by atoms with Crippen molar-refractivity contribution in [3.63, 3.8) is 0 Å². The molecule has 1 aromatic carbocycles. The number of rotatable bonds is 6. The Kier molecular flexibility index (Phi) is 6.52. The molecule has 0 bridgehead atoms. The minimum Gasteiger partial charge on any atom is -0.343 e. The zero-order chi connectivity index (χ0) is 20.1. The third-order valence-corrected chi connectivity index (χ3v) is 5.24. The molecule has 1 aliphatic rings. The average Bonchev–Trinajstić information content (AvgIpc) is 3.30. The Bertz CT molecular complexity index is 881. The van der Waals surface area contributed by atoms with E-state index in [1.165, 1.54) is 11.6 Å². The maximum absolute atomic E-state index is 12.0. The number of nitrogens with zero attached hydrogens (tertiary/aromatic N) is 3. The number of nitrogens with one attached hydrogen (secondary N) is 1. The lowest BCUT2D eigenvalue weighted by atomic mass is 10.1. The molecule has 1 fully saturated rings. The number of likely N-dealkylation sites (tertiary alicyclic amines) is 1. The molecule has 3 rings (SSSR count). The second kappa shape index (κ2) is 9.06. The highest BCUT2D eigenvalue weighted by Crippen LogP contribution is 2.22.